The Balaban J connectivity index is 2.56. The lowest BCUT2D eigenvalue weighted by Gasteiger charge is -2.11. The Morgan fingerprint density at radius 2 is 2.05 bits per heavy atom. The number of benzene rings is 2. The van der Waals surface area contributed by atoms with Gasteiger partial charge in [0.05, 0.1) is 24.6 Å². The molecule has 0 bridgehead atoms. The number of halogens is 2. The van der Waals surface area contributed by atoms with Crippen LogP contribution in [0.3, 0.4) is 0 Å². The van der Waals surface area contributed by atoms with Crippen LogP contribution in [0.25, 0.3) is 11.1 Å². The fraction of sp³-hybridized carbons (Fsp3) is 0.133. The summed E-state index contributed by atoms with van der Waals surface area (Å²) in [6.07, 6.45) is 0.299. The Bertz CT molecular complexity index is 649. The molecule has 2 aromatic carbocycles. The molecule has 19 heavy (non-hydrogen) atoms. The van der Waals surface area contributed by atoms with E-state index in [1.807, 2.05) is 6.07 Å². The summed E-state index contributed by atoms with van der Waals surface area (Å²) >= 11 is 5.97. The highest BCUT2D eigenvalue weighted by atomic mass is 35.5. The van der Waals surface area contributed by atoms with Crippen LogP contribution in [0.1, 0.15) is 5.56 Å². The van der Waals surface area contributed by atoms with Crippen LogP contribution in [-0.2, 0) is 6.42 Å². The van der Waals surface area contributed by atoms with Gasteiger partial charge < -0.3 is 4.74 Å². The predicted molar refractivity (Wildman–Crippen MR) is 72.7 cm³/mol. The fourth-order valence-electron chi connectivity index (χ4n) is 1.87. The average Bonchev–Trinajstić information content (AvgIpc) is 2.42. The van der Waals surface area contributed by atoms with Crippen LogP contribution in [0.5, 0.6) is 5.75 Å². The van der Waals surface area contributed by atoms with Crippen LogP contribution in [0.4, 0.5) is 4.39 Å². The van der Waals surface area contributed by atoms with E-state index in [2.05, 4.69) is 6.07 Å². The fourth-order valence-corrected chi connectivity index (χ4v) is 2.10. The lowest BCUT2D eigenvalue weighted by atomic mass is 10.0. The van der Waals surface area contributed by atoms with Crippen LogP contribution in [-0.4, -0.2) is 7.11 Å². The van der Waals surface area contributed by atoms with Crippen molar-refractivity contribution >= 4 is 11.6 Å². The second kappa shape index (κ2) is 5.73. The molecular weight excluding hydrogens is 265 g/mol. The number of hydrogen-bond donors (Lipinski definition) is 0. The molecule has 2 rings (SSSR count). The van der Waals surface area contributed by atoms with Crippen LogP contribution in [0, 0.1) is 17.1 Å². The first-order valence-electron chi connectivity index (χ1n) is 5.65. The molecule has 4 heteroatoms. The maximum absolute atomic E-state index is 13.5. The Morgan fingerprint density at radius 1 is 1.26 bits per heavy atom. The molecule has 0 N–H and O–H groups in total. The normalized spacial score (nSPS) is 10.0. The van der Waals surface area contributed by atoms with E-state index < -0.39 is 5.82 Å². The van der Waals surface area contributed by atoms with Crippen LogP contribution in [0.15, 0.2) is 36.4 Å². The molecule has 0 aliphatic heterocycles. The Kier molecular flexibility index (Phi) is 4.03. The van der Waals surface area contributed by atoms with Crippen molar-refractivity contribution in [2.24, 2.45) is 0 Å². The number of rotatable bonds is 3. The van der Waals surface area contributed by atoms with E-state index in [9.17, 15) is 4.39 Å². The highest BCUT2D eigenvalue weighted by Crippen LogP contribution is 2.36. The third kappa shape index (κ3) is 2.69. The van der Waals surface area contributed by atoms with Gasteiger partial charge in [-0.1, -0.05) is 35.9 Å². The third-order valence-corrected chi connectivity index (χ3v) is 3.18. The number of hydrogen-bond acceptors (Lipinski definition) is 2. The third-order valence-electron chi connectivity index (χ3n) is 2.79. The first-order valence-corrected chi connectivity index (χ1v) is 6.03. The smallest absolute Gasteiger partial charge is 0.142 e. The maximum Gasteiger partial charge on any atom is 0.142 e. The topological polar surface area (TPSA) is 33.0 Å². The summed E-state index contributed by atoms with van der Waals surface area (Å²) < 4.78 is 18.8. The summed E-state index contributed by atoms with van der Waals surface area (Å²) in [4.78, 5) is 0. The molecule has 0 saturated carbocycles. The van der Waals surface area contributed by atoms with Gasteiger partial charge in [-0.05, 0) is 17.7 Å². The largest absolute Gasteiger partial charge is 0.496 e. The molecule has 0 heterocycles. The van der Waals surface area contributed by atoms with Gasteiger partial charge in [-0.3, -0.25) is 0 Å². The molecule has 0 aliphatic carbocycles. The molecule has 0 amide bonds. The molecule has 0 atom stereocenters. The minimum Gasteiger partial charge on any atom is -0.496 e. The van der Waals surface area contributed by atoms with Crippen molar-refractivity contribution in [1.29, 1.82) is 5.26 Å². The van der Waals surface area contributed by atoms with Crippen molar-refractivity contribution in [3.05, 3.63) is 52.8 Å². The van der Waals surface area contributed by atoms with Gasteiger partial charge in [0.15, 0.2) is 0 Å². The van der Waals surface area contributed by atoms with Gasteiger partial charge in [-0.2, -0.15) is 5.26 Å². The van der Waals surface area contributed by atoms with Crippen LogP contribution in [0.2, 0.25) is 5.02 Å². The Hall–Kier alpha value is -2.05. The first kappa shape index (κ1) is 13.4. The summed E-state index contributed by atoms with van der Waals surface area (Å²) in [6.45, 7) is 0. The zero-order valence-electron chi connectivity index (χ0n) is 10.3. The number of methoxy groups -OCH3 is 1. The molecule has 0 unspecified atom stereocenters. The summed E-state index contributed by atoms with van der Waals surface area (Å²) in [6, 6.07) is 12.1. The molecule has 0 aliphatic rings. The van der Waals surface area contributed by atoms with Gasteiger partial charge >= 0.3 is 0 Å². The number of nitrogens with zero attached hydrogens (tertiary/aromatic N) is 1. The molecular formula is C15H11ClFNO. The average molecular weight is 276 g/mol. The van der Waals surface area contributed by atoms with Gasteiger partial charge in [0.2, 0.25) is 0 Å². The Labute approximate surface area is 116 Å². The molecule has 0 fully saturated rings. The predicted octanol–water partition coefficient (Wildman–Crippen LogP) is 4.22. The van der Waals surface area contributed by atoms with Crippen molar-refractivity contribution in [3.8, 4) is 22.9 Å². The van der Waals surface area contributed by atoms with E-state index in [1.165, 1.54) is 13.2 Å². The summed E-state index contributed by atoms with van der Waals surface area (Å²) in [5.74, 6) is 0.0996. The minimum atomic E-state index is -0.470. The van der Waals surface area contributed by atoms with Gasteiger partial charge in [0, 0.05) is 11.1 Å². The second-order valence-electron chi connectivity index (χ2n) is 3.97. The van der Waals surface area contributed by atoms with Crippen LogP contribution >= 0.6 is 11.6 Å². The zero-order valence-corrected chi connectivity index (χ0v) is 11.0. The van der Waals surface area contributed by atoms with Crippen LogP contribution < -0.4 is 4.74 Å². The quantitative estimate of drug-likeness (QED) is 0.840. The molecule has 0 aromatic heterocycles. The second-order valence-corrected chi connectivity index (χ2v) is 4.35. The molecule has 0 spiro atoms. The zero-order chi connectivity index (χ0) is 13.8. The highest BCUT2D eigenvalue weighted by molar-refractivity contribution is 6.33. The van der Waals surface area contributed by atoms with E-state index in [-0.39, 0.29) is 5.02 Å². The minimum absolute atomic E-state index is 0.0637. The Morgan fingerprint density at radius 3 is 2.74 bits per heavy atom. The van der Waals surface area contributed by atoms with Crippen molar-refractivity contribution < 1.29 is 9.13 Å². The summed E-state index contributed by atoms with van der Waals surface area (Å²) in [7, 11) is 1.53. The monoisotopic (exact) mass is 275 g/mol. The van der Waals surface area contributed by atoms with Crippen molar-refractivity contribution in [2.75, 3.05) is 7.11 Å². The van der Waals surface area contributed by atoms with Gasteiger partial charge in [-0.15, -0.1) is 0 Å². The van der Waals surface area contributed by atoms with E-state index in [1.54, 1.807) is 24.3 Å². The highest BCUT2D eigenvalue weighted by Gasteiger charge is 2.12. The van der Waals surface area contributed by atoms with Crippen molar-refractivity contribution in [1.82, 2.24) is 0 Å². The SMILES string of the molecule is COc1cc(CC#N)ccc1-c1cccc(F)c1Cl. The molecule has 2 nitrogen and oxygen atoms in total. The molecule has 0 saturated heterocycles. The van der Waals surface area contributed by atoms with E-state index in [0.29, 0.717) is 23.3 Å². The number of ether oxygens (including phenoxy) is 1. The van der Waals surface area contributed by atoms with E-state index in [4.69, 9.17) is 21.6 Å². The maximum atomic E-state index is 13.5. The van der Waals surface area contributed by atoms with Crippen molar-refractivity contribution in [2.45, 2.75) is 6.42 Å². The summed E-state index contributed by atoms with van der Waals surface area (Å²) in [5.41, 5.74) is 2.12. The van der Waals surface area contributed by atoms with Gasteiger partial charge in [0.1, 0.15) is 11.6 Å². The lowest BCUT2D eigenvalue weighted by molar-refractivity contribution is 0.416. The molecule has 2 aromatic rings. The first-order chi connectivity index (χ1) is 9.17. The van der Waals surface area contributed by atoms with Gasteiger partial charge in [-0.25, -0.2) is 4.39 Å². The lowest BCUT2D eigenvalue weighted by Crippen LogP contribution is -1.92. The summed E-state index contributed by atoms with van der Waals surface area (Å²) in [5, 5.41) is 8.75. The molecule has 96 valence electrons. The van der Waals surface area contributed by atoms with E-state index >= 15 is 0 Å². The van der Waals surface area contributed by atoms with Crippen molar-refractivity contribution in [3.63, 3.8) is 0 Å². The van der Waals surface area contributed by atoms with Gasteiger partial charge in [0.25, 0.3) is 0 Å². The number of nitriles is 1. The molecule has 0 radical (unpaired) electrons. The standard InChI is InChI=1S/C15H11ClFNO/c1-19-14-9-10(7-8-18)5-6-11(14)12-3-2-4-13(17)15(12)16/h2-6,9H,7H2,1H3. The van der Waals surface area contributed by atoms with E-state index in [0.717, 1.165) is 5.56 Å².